The molecular formula is C25H19ClN2O4S. The van der Waals surface area contributed by atoms with Crippen LogP contribution in [0.3, 0.4) is 0 Å². The molecule has 1 N–H and O–H groups in total. The largest absolute Gasteiger partial charge is 0.484 e. The number of benzene rings is 3. The third kappa shape index (κ3) is 5.45. The van der Waals surface area contributed by atoms with E-state index in [0.29, 0.717) is 21.4 Å². The fraction of sp³-hybridized carbons (Fsp3) is 0.0800. The Morgan fingerprint density at radius 1 is 1.06 bits per heavy atom. The molecule has 1 aliphatic heterocycles. The molecule has 4 rings (SSSR count). The van der Waals surface area contributed by atoms with Crippen molar-refractivity contribution in [2.24, 2.45) is 0 Å². The number of ether oxygens (including phenoxy) is 1. The van der Waals surface area contributed by atoms with Crippen LogP contribution >= 0.6 is 23.4 Å². The van der Waals surface area contributed by atoms with Crippen molar-refractivity contribution in [3.8, 4) is 5.75 Å². The van der Waals surface area contributed by atoms with E-state index < -0.39 is 5.91 Å². The maximum absolute atomic E-state index is 12.8. The number of nitrogens with one attached hydrogen (secondary N) is 1. The predicted octanol–water partition coefficient (Wildman–Crippen LogP) is 5.91. The van der Waals surface area contributed by atoms with Crippen LogP contribution in [-0.4, -0.2) is 23.7 Å². The number of hydrogen-bond acceptors (Lipinski definition) is 5. The number of amides is 3. The number of nitrogens with zero attached hydrogens (tertiary/aromatic N) is 1. The Kier molecular flexibility index (Phi) is 6.82. The topological polar surface area (TPSA) is 75.7 Å². The number of rotatable bonds is 6. The molecule has 1 saturated heterocycles. The number of carbonyl (C=O) groups excluding carboxylic acids is 3. The fourth-order valence-electron chi connectivity index (χ4n) is 3.17. The van der Waals surface area contributed by atoms with Crippen LogP contribution in [0.5, 0.6) is 5.75 Å². The Bertz CT molecular complexity index is 1260. The number of halogens is 1. The van der Waals surface area contributed by atoms with Gasteiger partial charge < -0.3 is 10.1 Å². The zero-order valence-corrected chi connectivity index (χ0v) is 19.2. The van der Waals surface area contributed by atoms with Crippen LogP contribution in [0, 0.1) is 6.92 Å². The first-order valence-electron chi connectivity index (χ1n) is 10.0. The van der Waals surface area contributed by atoms with Crippen molar-refractivity contribution < 1.29 is 19.1 Å². The normalized spacial score (nSPS) is 14.6. The molecule has 3 aromatic rings. The van der Waals surface area contributed by atoms with E-state index in [1.807, 2.05) is 31.2 Å². The van der Waals surface area contributed by atoms with E-state index in [2.05, 4.69) is 5.32 Å². The number of thioether (sulfide) groups is 1. The Labute approximate surface area is 200 Å². The van der Waals surface area contributed by atoms with E-state index in [9.17, 15) is 14.4 Å². The van der Waals surface area contributed by atoms with Gasteiger partial charge in [0.25, 0.3) is 17.1 Å². The minimum atomic E-state index is -0.402. The SMILES string of the molecule is Cc1ccccc1NC(=O)COc1ccc(/C=C2/SC(=O)N(c3cccc(Cl)c3)C2=O)cc1. The Morgan fingerprint density at radius 3 is 2.55 bits per heavy atom. The molecule has 0 bridgehead atoms. The molecule has 0 aromatic heterocycles. The molecule has 0 saturated carbocycles. The summed E-state index contributed by atoms with van der Waals surface area (Å²) in [6, 6.07) is 21.0. The first-order valence-corrected chi connectivity index (χ1v) is 11.2. The van der Waals surface area contributed by atoms with Crippen molar-refractivity contribution in [1.29, 1.82) is 0 Å². The lowest BCUT2D eigenvalue weighted by Crippen LogP contribution is -2.27. The summed E-state index contributed by atoms with van der Waals surface area (Å²) in [7, 11) is 0. The average Bonchev–Trinajstić information content (AvgIpc) is 3.07. The van der Waals surface area contributed by atoms with Crippen molar-refractivity contribution in [3.63, 3.8) is 0 Å². The highest BCUT2D eigenvalue weighted by Gasteiger charge is 2.36. The van der Waals surface area contributed by atoms with Crippen molar-refractivity contribution in [3.05, 3.63) is 93.9 Å². The van der Waals surface area contributed by atoms with Gasteiger partial charge in [0.2, 0.25) is 0 Å². The lowest BCUT2D eigenvalue weighted by molar-refractivity contribution is -0.118. The molecule has 33 heavy (non-hydrogen) atoms. The highest BCUT2D eigenvalue weighted by atomic mass is 35.5. The lowest BCUT2D eigenvalue weighted by Gasteiger charge is -2.12. The molecular weight excluding hydrogens is 460 g/mol. The summed E-state index contributed by atoms with van der Waals surface area (Å²) >= 11 is 6.85. The quantitative estimate of drug-likeness (QED) is 0.446. The van der Waals surface area contributed by atoms with Gasteiger partial charge in [-0.3, -0.25) is 14.4 Å². The highest BCUT2D eigenvalue weighted by molar-refractivity contribution is 8.19. The molecule has 0 aliphatic carbocycles. The van der Waals surface area contributed by atoms with Crippen molar-refractivity contribution in [1.82, 2.24) is 0 Å². The number of anilines is 2. The third-order valence-corrected chi connectivity index (χ3v) is 5.93. The second kappa shape index (κ2) is 9.94. The molecule has 3 amide bonds. The van der Waals surface area contributed by atoms with Gasteiger partial charge in [-0.05, 0) is 72.3 Å². The van der Waals surface area contributed by atoms with Crippen molar-refractivity contribution >= 4 is 57.9 Å². The highest BCUT2D eigenvalue weighted by Crippen LogP contribution is 2.36. The molecule has 1 fully saturated rings. The molecule has 0 atom stereocenters. The van der Waals surface area contributed by atoms with E-state index in [0.717, 1.165) is 33.5 Å². The number of imide groups is 1. The van der Waals surface area contributed by atoms with Crippen LogP contribution < -0.4 is 15.0 Å². The van der Waals surface area contributed by atoms with Gasteiger partial charge in [0, 0.05) is 10.7 Å². The summed E-state index contributed by atoms with van der Waals surface area (Å²) < 4.78 is 5.55. The van der Waals surface area contributed by atoms with Crippen LogP contribution in [0.4, 0.5) is 16.2 Å². The van der Waals surface area contributed by atoms with Crippen molar-refractivity contribution in [2.75, 3.05) is 16.8 Å². The van der Waals surface area contributed by atoms with Crippen LogP contribution in [0.25, 0.3) is 6.08 Å². The van der Waals surface area contributed by atoms with Gasteiger partial charge in [0.05, 0.1) is 10.6 Å². The first kappa shape index (κ1) is 22.6. The third-order valence-electron chi connectivity index (χ3n) is 4.83. The van der Waals surface area contributed by atoms with E-state index >= 15 is 0 Å². The van der Waals surface area contributed by atoms with Gasteiger partial charge >= 0.3 is 0 Å². The molecule has 8 heteroatoms. The predicted molar refractivity (Wildman–Crippen MR) is 132 cm³/mol. The summed E-state index contributed by atoms with van der Waals surface area (Å²) in [6.07, 6.45) is 1.64. The van der Waals surface area contributed by atoms with E-state index in [1.165, 1.54) is 0 Å². The smallest absolute Gasteiger partial charge is 0.298 e. The van der Waals surface area contributed by atoms with E-state index in [-0.39, 0.29) is 17.8 Å². The van der Waals surface area contributed by atoms with Gasteiger partial charge in [0.1, 0.15) is 5.75 Å². The number of hydrogen-bond donors (Lipinski definition) is 1. The van der Waals surface area contributed by atoms with Gasteiger partial charge in [-0.15, -0.1) is 0 Å². The summed E-state index contributed by atoms with van der Waals surface area (Å²) in [5.41, 5.74) is 2.87. The zero-order valence-electron chi connectivity index (χ0n) is 17.6. The Balaban J connectivity index is 1.38. The van der Waals surface area contributed by atoms with Gasteiger partial charge in [-0.25, -0.2) is 4.90 Å². The molecule has 0 radical (unpaired) electrons. The zero-order chi connectivity index (χ0) is 23.4. The molecule has 0 unspecified atom stereocenters. The molecule has 1 heterocycles. The Hall–Kier alpha value is -3.55. The lowest BCUT2D eigenvalue weighted by atomic mass is 10.2. The van der Waals surface area contributed by atoms with Gasteiger partial charge in [-0.2, -0.15) is 0 Å². The Morgan fingerprint density at radius 2 is 1.82 bits per heavy atom. The van der Waals surface area contributed by atoms with Crippen LogP contribution in [0.2, 0.25) is 5.02 Å². The molecule has 0 spiro atoms. The van der Waals surface area contributed by atoms with E-state index in [4.69, 9.17) is 16.3 Å². The maximum atomic E-state index is 12.8. The number of para-hydroxylation sites is 1. The molecule has 6 nitrogen and oxygen atoms in total. The summed E-state index contributed by atoms with van der Waals surface area (Å²) in [5, 5.41) is 2.87. The van der Waals surface area contributed by atoms with E-state index in [1.54, 1.807) is 54.6 Å². The van der Waals surface area contributed by atoms with Gasteiger partial charge in [-0.1, -0.05) is 48.0 Å². The minimum absolute atomic E-state index is 0.133. The van der Waals surface area contributed by atoms with Crippen molar-refractivity contribution in [2.45, 2.75) is 6.92 Å². The summed E-state index contributed by atoms with van der Waals surface area (Å²) in [5.74, 6) is -0.150. The number of aryl methyl sites for hydroxylation is 1. The van der Waals surface area contributed by atoms with Gasteiger partial charge in [0.15, 0.2) is 6.61 Å². The summed E-state index contributed by atoms with van der Waals surface area (Å²) in [6.45, 7) is 1.78. The monoisotopic (exact) mass is 478 g/mol. The van der Waals surface area contributed by atoms with Crippen LogP contribution in [-0.2, 0) is 9.59 Å². The molecule has 166 valence electrons. The standard InChI is InChI=1S/C25H19ClN2O4S/c1-16-5-2-3-8-21(16)27-23(29)15-32-20-11-9-17(10-12-20)13-22-24(30)28(25(31)33-22)19-7-4-6-18(26)14-19/h2-14H,15H2,1H3,(H,27,29)/b22-13+. The first-order chi connectivity index (χ1) is 15.9. The fourth-order valence-corrected chi connectivity index (χ4v) is 4.19. The van der Waals surface area contributed by atoms with Crippen LogP contribution in [0.15, 0.2) is 77.7 Å². The second-order valence-electron chi connectivity index (χ2n) is 7.22. The minimum Gasteiger partial charge on any atom is -0.484 e. The second-order valence-corrected chi connectivity index (χ2v) is 8.65. The maximum Gasteiger partial charge on any atom is 0.298 e. The molecule has 3 aromatic carbocycles. The van der Waals surface area contributed by atoms with Crippen LogP contribution in [0.1, 0.15) is 11.1 Å². The summed E-state index contributed by atoms with van der Waals surface area (Å²) in [4.78, 5) is 38.7. The number of carbonyl (C=O) groups is 3. The average molecular weight is 479 g/mol. The molecule has 1 aliphatic rings.